The maximum atomic E-state index is 14.3. The van der Waals surface area contributed by atoms with Crippen LogP contribution < -0.4 is 11.1 Å². The molecule has 6 nitrogen and oxygen atoms in total. The van der Waals surface area contributed by atoms with Gasteiger partial charge in [0.2, 0.25) is 0 Å². The summed E-state index contributed by atoms with van der Waals surface area (Å²) in [4.78, 5) is 13.1. The van der Waals surface area contributed by atoms with E-state index in [4.69, 9.17) is 5.73 Å². The normalized spacial score (nSPS) is 24.2. The smallest absolute Gasteiger partial charge is 0.419 e. The molecule has 0 saturated heterocycles. The molecule has 1 aliphatic carbocycles. The summed E-state index contributed by atoms with van der Waals surface area (Å²) in [5, 5.41) is 23.5. The van der Waals surface area contributed by atoms with Crippen molar-refractivity contribution in [2.24, 2.45) is 5.92 Å². The van der Waals surface area contributed by atoms with Gasteiger partial charge in [-0.2, -0.15) is 13.2 Å². The summed E-state index contributed by atoms with van der Waals surface area (Å²) < 4.78 is 71.4. The largest absolute Gasteiger partial charge is 0.505 e. The number of hydrogen-bond acceptors (Lipinski definition) is 4. The molecule has 35 heavy (non-hydrogen) atoms. The number of nitrogens with zero attached hydrogens (tertiary/aromatic N) is 1. The van der Waals surface area contributed by atoms with Crippen molar-refractivity contribution in [3.63, 3.8) is 0 Å². The number of phenolic OH excluding ortho intramolecular Hbond substituents is 1. The molecule has 0 spiro atoms. The Labute approximate surface area is 196 Å². The fourth-order valence-corrected chi connectivity index (χ4v) is 4.74. The quantitative estimate of drug-likeness (QED) is 0.400. The Kier molecular flexibility index (Phi) is 5.79. The summed E-state index contributed by atoms with van der Waals surface area (Å²) in [6, 6.07) is 6.10. The highest BCUT2D eigenvalue weighted by atomic mass is 19.4. The Bertz CT molecular complexity index is 1290. The van der Waals surface area contributed by atoms with Gasteiger partial charge in [-0.25, -0.2) is 8.78 Å². The first-order valence-electron chi connectivity index (χ1n) is 10.6. The first-order valence-corrected chi connectivity index (χ1v) is 10.6. The number of aromatic nitrogens is 1. The minimum atomic E-state index is -5.19. The minimum Gasteiger partial charge on any atom is -0.505 e. The molecule has 2 aromatic carbocycles. The third-order valence-corrected chi connectivity index (χ3v) is 6.86. The van der Waals surface area contributed by atoms with E-state index < -0.39 is 52.9 Å². The van der Waals surface area contributed by atoms with Crippen molar-refractivity contribution in [3.05, 3.63) is 77.0 Å². The average Bonchev–Trinajstić information content (AvgIpc) is 3.18. The number of alkyl halides is 3. The molecule has 0 aliphatic heterocycles. The molecule has 2 unspecified atom stereocenters. The lowest BCUT2D eigenvalue weighted by Gasteiger charge is -2.49. The summed E-state index contributed by atoms with van der Waals surface area (Å²) >= 11 is 0. The van der Waals surface area contributed by atoms with E-state index in [2.05, 4.69) is 5.32 Å². The van der Waals surface area contributed by atoms with Gasteiger partial charge >= 0.3 is 6.18 Å². The van der Waals surface area contributed by atoms with E-state index in [1.165, 1.54) is 48.0 Å². The fraction of sp³-hybridized carbons (Fsp3) is 0.292. The lowest BCUT2D eigenvalue weighted by atomic mass is 9.64. The highest BCUT2D eigenvalue weighted by Gasteiger charge is 2.66. The van der Waals surface area contributed by atoms with Gasteiger partial charge in [-0.15, -0.1) is 0 Å². The summed E-state index contributed by atoms with van der Waals surface area (Å²) in [6.07, 6.45) is -3.81. The summed E-state index contributed by atoms with van der Waals surface area (Å²) in [5.41, 5.74) is 2.43. The van der Waals surface area contributed by atoms with Crippen LogP contribution in [0.1, 0.15) is 47.3 Å². The van der Waals surface area contributed by atoms with Gasteiger partial charge in [-0.3, -0.25) is 4.79 Å². The van der Waals surface area contributed by atoms with Crippen LogP contribution in [-0.4, -0.2) is 32.5 Å². The SMILES string of the molecule is CC1c2c(ccc(F)c2O)C(NC(=O)c2ccn(-c3ccc(F)cc3)c2N)[C@](O)(C(F)(F)F)[C@@H]1C. The number of anilines is 1. The number of amides is 1. The van der Waals surface area contributed by atoms with Crippen LogP contribution in [0, 0.1) is 17.6 Å². The van der Waals surface area contributed by atoms with E-state index in [0.717, 1.165) is 19.1 Å². The Balaban J connectivity index is 1.79. The predicted molar refractivity (Wildman–Crippen MR) is 117 cm³/mol. The van der Waals surface area contributed by atoms with Gasteiger partial charge in [0, 0.05) is 23.4 Å². The molecule has 0 bridgehead atoms. The van der Waals surface area contributed by atoms with Crippen molar-refractivity contribution in [2.45, 2.75) is 37.6 Å². The number of nitrogen functional groups attached to an aromatic ring is 1. The van der Waals surface area contributed by atoms with E-state index in [9.17, 15) is 37.0 Å². The molecular weight excluding hydrogens is 473 g/mol. The Morgan fingerprint density at radius 1 is 1.09 bits per heavy atom. The van der Waals surface area contributed by atoms with Crippen LogP contribution in [0.15, 0.2) is 48.7 Å². The zero-order valence-electron chi connectivity index (χ0n) is 18.6. The molecule has 3 aromatic rings. The molecule has 4 rings (SSSR count). The number of aromatic hydroxyl groups is 1. The van der Waals surface area contributed by atoms with Gasteiger partial charge in [-0.05, 0) is 47.9 Å². The standard InChI is InChI=1S/C24H22F5N3O3/c1-11-12(2)23(35,24(27,28)29)20(15-7-8-17(26)19(33)18(11)15)31-22(34)16-9-10-32(21(16)30)14-5-3-13(25)4-6-14/h3-12,20,33,35H,30H2,1-2H3,(H,31,34)/t11?,12-,20?,23+/m1/s1. The number of halogens is 5. The van der Waals surface area contributed by atoms with Gasteiger partial charge < -0.3 is 25.8 Å². The molecule has 4 atom stereocenters. The molecule has 1 aromatic heterocycles. The van der Waals surface area contributed by atoms with Gasteiger partial charge in [0.05, 0.1) is 11.6 Å². The molecule has 11 heteroatoms. The second kappa shape index (κ2) is 8.26. The maximum Gasteiger partial charge on any atom is 0.419 e. The van der Waals surface area contributed by atoms with Gasteiger partial charge in [0.1, 0.15) is 11.6 Å². The van der Waals surface area contributed by atoms with Crippen LogP contribution in [0.25, 0.3) is 5.69 Å². The molecule has 1 amide bonds. The number of carbonyl (C=O) groups is 1. The lowest BCUT2D eigenvalue weighted by molar-refractivity contribution is -0.293. The highest BCUT2D eigenvalue weighted by molar-refractivity contribution is 5.99. The van der Waals surface area contributed by atoms with Crippen molar-refractivity contribution in [1.82, 2.24) is 9.88 Å². The molecule has 0 radical (unpaired) electrons. The molecule has 1 heterocycles. The van der Waals surface area contributed by atoms with Gasteiger partial charge in [0.15, 0.2) is 17.2 Å². The van der Waals surface area contributed by atoms with E-state index >= 15 is 0 Å². The van der Waals surface area contributed by atoms with Crippen molar-refractivity contribution < 1.29 is 37.0 Å². The number of carbonyl (C=O) groups excluding carboxylic acids is 1. The zero-order chi connectivity index (χ0) is 25.9. The number of rotatable bonds is 3. The third kappa shape index (κ3) is 3.70. The first kappa shape index (κ1) is 24.5. The maximum absolute atomic E-state index is 14.3. The minimum absolute atomic E-state index is 0.131. The third-order valence-electron chi connectivity index (χ3n) is 6.86. The summed E-state index contributed by atoms with van der Waals surface area (Å²) in [6.45, 7) is 2.45. The molecular formula is C24H22F5N3O3. The van der Waals surface area contributed by atoms with E-state index in [-0.39, 0.29) is 22.5 Å². The monoisotopic (exact) mass is 495 g/mol. The summed E-state index contributed by atoms with van der Waals surface area (Å²) in [7, 11) is 0. The van der Waals surface area contributed by atoms with Gasteiger partial charge in [-0.1, -0.05) is 19.9 Å². The molecule has 1 aliphatic rings. The number of nitrogens with one attached hydrogen (secondary N) is 1. The predicted octanol–water partition coefficient (Wildman–Crippen LogP) is 4.56. The molecule has 5 N–H and O–H groups in total. The number of fused-ring (bicyclic) bond motifs is 1. The van der Waals surface area contributed by atoms with Crippen molar-refractivity contribution in [3.8, 4) is 11.4 Å². The van der Waals surface area contributed by atoms with E-state index in [1.54, 1.807) is 0 Å². The Morgan fingerprint density at radius 3 is 2.31 bits per heavy atom. The number of benzene rings is 2. The van der Waals surface area contributed by atoms with E-state index in [1.807, 2.05) is 0 Å². The second-order valence-corrected chi connectivity index (χ2v) is 8.67. The van der Waals surface area contributed by atoms with Crippen molar-refractivity contribution in [2.75, 3.05) is 5.73 Å². The van der Waals surface area contributed by atoms with Crippen molar-refractivity contribution in [1.29, 1.82) is 0 Å². The van der Waals surface area contributed by atoms with Crippen LogP contribution in [0.2, 0.25) is 0 Å². The van der Waals surface area contributed by atoms with Crippen LogP contribution in [0.4, 0.5) is 27.8 Å². The van der Waals surface area contributed by atoms with E-state index in [0.29, 0.717) is 5.69 Å². The lowest BCUT2D eigenvalue weighted by Crippen LogP contribution is -2.62. The first-order chi connectivity index (χ1) is 16.3. The van der Waals surface area contributed by atoms with Crippen LogP contribution in [0.5, 0.6) is 5.75 Å². The fourth-order valence-electron chi connectivity index (χ4n) is 4.74. The number of nitrogens with two attached hydrogens (primary N) is 1. The number of hydrogen-bond donors (Lipinski definition) is 4. The van der Waals surface area contributed by atoms with Crippen LogP contribution in [-0.2, 0) is 0 Å². The van der Waals surface area contributed by atoms with Crippen molar-refractivity contribution >= 4 is 11.7 Å². The number of phenols is 1. The van der Waals surface area contributed by atoms with Crippen LogP contribution in [0.3, 0.4) is 0 Å². The molecule has 0 fully saturated rings. The summed E-state index contributed by atoms with van der Waals surface area (Å²) in [5.74, 6) is -6.20. The molecule has 0 saturated carbocycles. The van der Waals surface area contributed by atoms with Crippen LogP contribution >= 0.6 is 0 Å². The van der Waals surface area contributed by atoms with Gasteiger partial charge in [0.25, 0.3) is 5.91 Å². The highest BCUT2D eigenvalue weighted by Crippen LogP contribution is 2.56. The number of aliphatic hydroxyl groups is 1. The zero-order valence-corrected chi connectivity index (χ0v) is 18.6. The average molecular weight is 495 g/mol. The topological polar surface area (TPSA) is 101 Å². The Hall–Kier alpha value is -3.60. The molecule has 186 valence electrons. The Morgan fingerprint density at radius 2 is 1.71 bits per heavy atom. The second-order valence-electron chi connectivity index (χ2n) is 8.67.